The van der Waals surface area contributed by atoms with Crippen molar-refractivity contribution >= 4 is 11.8 Å². The molecule has 21 heavy (non-hydrogen) atoms. The number of carbonyl (C=O) groups is 2. The molecule has 0 spiro atoms. The van der Waals surface area contributed by atoms with Crippen LogP contribution in [0.5, 0.6) is 5.75 Å². The number of methoxy groups -OCH3 is 1. The second-order valence-corrected chi connectivity index (χ2v) is 6.11. The summed E-state index contributed by atoms with van der Waals surface area (Å²) in [6, 6.07) is 7.51. The van der Waals surface area contributed by atoms with Crippen molar-refractivity contribution in [2.45, 2.75) is 13.0 Å². The molecule has 108 valence electrons. The molecule has 1 aromatic rings. The number of hydrogen-bond donors (Lipinski definition) is 0. The van der Waals surface area contributed by atoms with Crippen LogP contribution in [0.3, 0.4) is 0 Å². The third-order valence-electron chi connectivity index (χ3n) is 5.06. The van der Waals surface area contributed by atoms with Gasteiger partial charge in [0, 0.05) is 0 Å². The van der Waals surface area contributed by atoms with Crippen LogP contribution in [-0.4, -0.2) is 23.8 Å². The van der Waals surface area contributed by atoms with Crippen LogP contribution in [0, 0.1) is 23.7 Å². The summed E-state index contributed by atoms with van der Waals surface area (Å²) >= 11 is 0. The van der Waals surface area contributed by atoms with Gasteiger partial charge in [-0.15, -0.1) is 0 Å². The average molecular weight is 283 g/mol. The molecule has 0 N–H and O–H groups in total. The standard InChI is InChI=1S/C17H17NO3/c1-21-13-6-2-10(3-7-13)9-18-16(19)14-11-4-5-12(8-11)15(14)17(18)20/h2-7,11-12,14-15H,8-9H2,1H3/t11-,12+,14-,15-/m0/s1. The van der Waals surface area contributed by atoms with Gasteiger partial charge in [-0.05, 0) is 36.0 Å². The molecule has 2 fully saturated rings. The minimum Gasteiger partial charge on any atom is -0.497 e. The van der Waals surface area contributed by atoms with Gasteiger partial charge in [0.2, 0.25) is 11.8 Å². The van der Waals surface area contributed by atoms with Gasteiger partial charge in [-0.3, -0.25) is 14.5 Å². The highest BCUT2D eigenvalue weighted by atomic mass is 16.5. The summed E-state index contributed by atoms with van der Waals surface area (Å²) in [7, 11) is 1.62. The first kappa shape index (κ1) is 12.6. The Morgan fingerprint density at radius 2 is 1.62 bits per heavy atom. The molecule has 1 aliphatic heterocycles. The molecule has 4 rings (SSSR count). The van der Waals surface area contributed by atoms with Crippen molar-refractivity contribution in [3.8, 4) is 5.75 Å². The zero-order valence-corrected chi connectivity index (χ0v) is 11.9. The lowest BCUT2D eigenvalue weighted by molar-refractivity contribution is -0.141. The van der Waals surface area contributed by atoms with E-state index in [2.05, 4.69) is 12.2 Å². The summed E-state index contributed by atoms with van der Waals surface area (Å²) in [6.45, 7) is 0.369. The summed E-state index contributed by atoms with van der Waals surface area (Å²) in [5.74, 6) is 1.14. The van der Waals surface area contributed by atoms with E-state index in [4.69, 9.17) is 4.74 Å². The van der Waals surface area contributed by atoms with Gasteiger partial charge in [0.15, 0.2) is 0 Å². The molecular formula is C17H17NO3. The van der Waals surface area contributed by atoms with E-state index in [0.717, 1.165) is 17.7 Å². The second kappa shape index (κ2) is 4.45. The van der Waals surface area contributed by atoms with Crippen LogP contribution in [0.4, 0.5) is 0 Å². The third-order valence-corrected chi connectivity index (χ3v) is 5.06. The molecule has 1 saturated carbocycles. The van der Waals surface area contributed by atoms with Crippen molar-refractivity contribution in [1.82, 2.24) is 4.90 Å². The fraction of sp³-hybridized carbons (Fsp3) is 0.412. The predicted octanol–water partition coefficient (Wildman–Crippen LogP) is 2.00. The number of carbonyl (C=O) groups excluding carboxylic acids is 2. The quantitative estimate of drug-likeness (QED) is 0.629. The van der Waals surface area contributed by atoms with Gasteiger partial charge in [0.1, 0.15) is 5.75 Å². The van der Waals surface area contributed by atoms with Crippen LogP contribution in [0.1, 0.15) is 12.0 Å². The van der Waals surface area contributed by atoms with E-state index < -0.39 is 0 Å². The molecule has 2 aliphatic carbocycles. The lowest BCUT2D eigenvalue weighted by Crippen LogP contribution is -2.32. The predicted molar refractivity (Wildman–Crippen MR) is 76.3 cm³/mol. The van der Waals surface area contributed by atoms with Gasteiger partial charge >= 0.3 is 0 Å². The number of likely N-dealkylation sites (tertiary alicyclic amines) is 1. The third kappa shape index (κ3) is 1.75. The van der Waals surface area contributed by atoms with Crippen molar-refractivity contribution < 1.29 is 14.3 Å². The molecule has 0 aromatic heterocycles. The number of benzene rings is 1. The van der Waals surface area contributed by atoms with E-state index >= 15 is 0 Å². The molecule has 4 nitrogen and oxygen atoms in total. The number of rotatable bonds is 3. The Hall–Kier alpha value is -2.10. The molecule has 4 atom stereocenters. The molecule has 1 saturated heterocycles. The zero-order valence-electron chi connectivity index (χ0n) is 11.9. The summed E-state index contributed by atoms with van der Waals surface area (Å²) < 4.78 is 5.12. The average Bonchev–Trinajstić information content (AvgIpc) is 3.18. The fourth-order valence-corrected chi connectivity index (χ4v) is 4.03. The lowest BCUT2D eigenvalue weighted by atomic mass is 9.85. The van der Waals surface area contributed by atoms with E-state index in [-0.39, 0.29) is 35.5 Å². The number of ether oxygens (including phenoxy) is 1. The molecule has 1 heterocycles. The molecule has 4 heteroatoms. The molecule has 2 amide bonds. The maximum atomic E-state index is 12.6. The maximum Gasteiger partial charge on any atom is 0.234 e. The molecule has 3 aliphatic rings. The number of allylic oxidation sites excluding steroid dienone is 2. The first-order valence-corrected chi connectivity index (χ1v) is 7.35. The normalized spacial score (nSPS) is 32.9. The van der Waals surface area contributed by atoms with Crippen LogP contribution in [0.15, 0.2) is 36.4 Å². The number of imide groups is 1. The zero-order chi connectivity index (χ0) is 14.6. The highest BCUT2D eigenvalue weighted by molar-refractivity contribution is 6.06. The van der Waals surface area contributed by atoms with Gasteiger partial charge in [-0.1, -0.05) is 24.3 Å². The van der Waals surface area contributed by atoms with Crippen LogP contribution in [0.25, 0.3) is 0 Å². The summed E-state index contributed by atoms with van der Waals surface area (Å²) in [6.07, 6.45) is 5.21. The Morgan fingerprint density at radius 1 is 1.05 bits per heavy atom. The van der Waals surface area contributed by atoms with Crippen LogP contribution in [0.2, 0.25) is 0 Å². The summed E-state index contributed by atoms with van der Waals surface area (Å²) in [5.41, 5.74) is 0.956. The first-order chi connectivity index (χ1) is 10.2. The van der Waals surface area contributed by atoms with E-state index in [1.54, 1.807) is 7.11 Å². The summed E-state index contributed by atoms with van der Waals surface area (Å²) in [4.78, 5) is 26.6. The van der Waals surface area contributed by atoms with E-state index in [9.17, 15) is 9.59 Å². The number of fused-ring (bicyclic) bond motifs is 5. The van der Waals surface area contributed by atoms with Crippen LogP contribution >= 0.6 is 0 Å². The fourth-order valence-electron chi connectivity index (χ4n) is 4.03. The highest BCUT2D eigenvalue weighted by Crippen LogP contribution is 2.52. The number of amides is 2. The Morgan fingerprint density at radius 3 is 2.14 bits per heavy atom. The Kier molecular flexibility index (Phi) is 2.67. The highest BCUT2D eigenvalue weighted by Gasteiger charge is 2.59. The largest absolute Gasteiger partial charge is 0.497 e. The van der Waals surface area contributed by atoms with Crippen LogP contribution in [-0.2, 0) is 16.1 Å². The Balaban J connectivity index is 1.56. The van der Waals surface area contributed by atoms with E-state index in [0.29, 0.717) is 6.54 Å². The van der Waals surface area contributed by atoms with Gasteiger partial charge < -0.3 is 4.74 Å². The van der Waals surface area contributed by atoms with Gasteiger partial charge in [-0.25, -0.2) is 0 Å². The summed E-state index contributed by atoms with van der Waals surface area (Å²) in [5, 5.41) is 0. The van der Waals surface area contributed by atoms with Crippen molar-refractivity contribution in [3.05, 3.63) is 42.0 Å². The van der Waals surface area contributed by atoms with E-state index in [1.807, 2.05) is 24.3 Å². The van der Waals surface area contributed by atoms with Crippen molar-refractivity contribution in [1.29, 1.82) is 0 Å². The van der Waals surface area contributed by atoms with E-state index in [1.165, 1.54) is 4.90 Å². The molecular weight excluding hydrogens is 266 g/mol. The second-order valence-electron chi connectivity index (χ2n) is 6.11. The van der Waals surface area contributed by atoms with Gasteiger partial charge in [-0.2, -0.15) is 0 Å². The number of hydrogen-bond acceptors (Lipinski definition) is 3. The molecule has 1 aromatic carbocycles. The minimum atomic E-state index is -0.106. The van der Waals surface area contributed by atoms with Crippen molar-refractivity contribution in [3.63, 3.8) is 0 Å². The Labute approximate surface area is 123 Å². The lowest BCUT2D eigenvalue weighted by Gasteiger charge is -2.17. The minimum absolute atomic E-state index is 0.0117. The van der Waals surface area contributed by atoms with Crippen LogP contribution < -0.4 is 4.74 Å². The van der Waals surface area contributed by atoms with Crippen molar-refractivity contribution in [2.75, 3.05) is 7.11 Å². The molecule has 2 bridgehead atoms. The monoisotopic (exact) mass is 283 g/mol. The first-order valence-electron chi connectivity index (χ1n) is 7.35. The van der Waals surface area contributed by atoms with Gasteiger partial charge in [0.25, 0.3) is 0 Å². The smallest absolute Gasteiger partial charge is 0.234 e. The van der Waals surface area contributed by atoms with Crippen molar-refractivity contribution in [2.24, 2.45) is 23.7 Å². The number of nitrogens with zero attached hydrogens (tertiary/aromatic N) is 1. The maximum absolute atomic E-state index is 12.6. The molecule has 0 unspecified atom stereocenters. The SMILES string of the molecule is COc1ccc(CN2C(=O)[C@@H]3[C@@H](C2=O)[C@H]2C=C[C@@H]3C2)cc1. The topological polar surface area (TPSA) is 46.6 Å². The Bertz CT molecular complexity index is 604. The molecule has 0 radical (unpaired) electrons. The van der Waals surface area contributed by atoms with Gasteiger partial charge in [0.05, 0.1) is 25.5 Å².